The fourth-order valence-corrected chi connectivity index (χ4v) is 4.71. The van der Waals surface area contributed by atoms with E-state index in [0.29, 0.717) is 43.1 Å². The van der Waals surface area contributed by atoms with Gasteiger partial charge in [0.25, 0.3) is 0 Å². The standard InChI is InChI=1S/C23H29F2N3O4/c1-12(2)14-5-13(6-14)11-32-23(31)26-15-9-28(10-15)16-7-18(24)21(19(25)8-16)17-3-4-20(29)27-22(17)30/h7-8,12-15,17H,3-6,9-11H2,1-2H3,(H,26,31)(H,27,29,30). The largest absolute Gasteiger partial charge is 0.449 e. The molecule has 0 radical (unpaired) electrons. The molecule has 2 N–H and O–H groups in total. The molecule has 1 unspecified atom stereocenters. The molecule has 3 fully saturated rings. The Hall–Kier alpha value is -2.71. The molecule has 1 aromatic carbocycles. The number of rotatable bonds is 6. The molecule has 0 spiro atoms. The molecule has 3 amide bonds. The third kappa shape index (κ3) is 4.71. The first-order valence-electron chi connectivity index (χ1n) is 11.2. The van der Waals surface area contributed by atoms with Crippen molar-refractivity contribution in [3.63, 3.8) is 0 Å². The van der Waals surface area contributed by atoms with E-state index in [0.717, 1.165) is 12.8 Å². The number of benzene rings is 1. The number of amides is 3. The van der Waals surface area contributed by atoms with Crippen molar-refractivity contribution in [1.29, 1.82) is 0 Å². The van der Waals surface area contributed by atoms with E-state index in [2.05, 4.69) is 24.5 Å². The first-order valence-corrected chi connectivity index (χ1v) is 11.2. The Bertz CT molecular complexity index is 887. The summed E-state index contributed by atoms with van der Waals surface area (Å²) in [5.41, 5.74) is 0.0323. The van der Waals surface area contributed by atoms with Crippen LogP contribution < -0.4 is 15.5 Å². The lowest BCUT2D eigenvalue weighted by Gasteiger charge is -2.41. The summed E-state index contributed by atoms with van der Waals surface area (Å²) in [7, 11) is 0. The second-order valence-corrected chi connectivity index (χ2v) is 9.51. The normalized spacial score (nSPS) is 25.8. The van der Waals surface area contributed by atoms with Gasteiger partial charge in [-0.2, -0.15) is 0 Å². The van der Waals surface area contributed by atoms with Gasteiger partial charge in [0, 0.05) is 30.8 Å². The topological polar surface area (TPSA) is 87.7 Å². The van der Waals surface area contributed by atoms with Crippen LogP contribution in [0, 0.1) is 29.4 Å². The lowest BCUT2D eigenvalue weighted by atomic mass is 9.70. The van der Waals surface area contributed by atoms with E-state index in [-0.39, 0.29) is 24.4 Å². The molecule has 0 aromatic heterocycles. The number of alkyl carbamates (subject to hydrolysis) is 1. The minimum Gasteiger partial charge on any atom is -0.449 e. The summed E-state index contributed by atoms with van der Waals surface area (Å²) >= 11 is 0. The van der Waals surface area contributed by atoms with Gasteiger partial charge in [0.2, 0.25) is 11.8 Å². The Morgan fingerprint density at radius 1 is 1.22 bits per heavy atom. The van der Waals surface area contributed by atoms with E-state index >= 15 is 0 Å². The average molecular weight is 449 g/mol. The molecule has 7 nitrogen and oxygen atoms in total. The van der Waals surface area contributed by atoms with Crippen LogP contribution >= 0.6 is 0 Å². The first kappa shape index (κ1) is 22.5. The van der Waals surface area contributed by atoms with Gasteiger partial charge in [-0.1, -0.05) is 13.8 Å². The molecular formula is C23H29F2N3O4. The van der Waals surface area contributed by atoms with Gasteiger partial charge in [-0.15, -0.1) is 0 Å². The van der Waals surface area contributed by atoms with Gasteiger partial charge in [-0.05, 0) is 49.1 Å². The number of anilines is 1. The predicted octanol–water partition coefficient (Wildman–Crippen LogP) is 3.08. The van der Waals surface area contributed by atoms with Crippen LogP contribution in [0.1, 0.15) is 51.0 Å². The molecule has 9 heteroatoms. The third-order valence-electron chi connectivity index (χ3n) is 6.89. The van der Waals surface area contributed by atoms with Crippen molar-refractivity contribution < 1.29 is 27.9 Å². The average Bonchev–Trinajstić information content (AvgIpc) is 2.63. The molecule has 0 bridgehead atoms. The molecule has 2 saturated heterocycles. The number of hydrogen-bond acceptors (Lipinski definition) is 5. The summed E-state index contributed by atoms with van der Waals surface area (Å²) in [4.78, 5) is 37.0. The number of carbonyl (C=O) groups is 3. The Labute approximate surface area is 185 Å². The zero-order valence-corrected chi connectivity index (χ0v) is 18.3. The summed E-state index contributed by atoms with van der Waals surface area (Å²) in [6, 6.07) is 2.23. The lowest BCUT2D eigenvalue weighted by molar-refractivity contribution is -0.134. The van der Waals surface area contributed by atoms with E-state index in [9.17, 15) is 23.2 Å². The summed E-state index contributed by atoms with van der Waals surface area (Å²) in [6.07, 6.45) is 1.84. The maximum Gasteiger partial charge on any atom is 0.407 e. The molecule has 4 rings (SSSR count). The van der Waals surface area contributed by atoms with Crippen molar-refractivity contribution in [2.24, 2.45) is 17.8 Å². The third-order valence-corrected chi connectivity index (χ3v) is 6.89. The minimum atomic E-state index is -1.02. The molecule has 32 heavy (non-hydrogen) atoms. The van der Waals surface area contributed by atoms with Crippen molar-refractivity contribution in [2.45, 2.75) is 51.5 Å². The number of imide groups is 1. The molecular weight excluding hydrogens is 420 g/mol. The van der Waals surface area contributed by atoms with Crippen LogP contribution in [0.15, 0.2) is 12.1 Å². The number of carbonyl (C=O) groups excluding carboxylic acids is 3. The van der Waals surface area contributed by atoms with Crippen LogP contribution in [0.4, 0.5) is 19.3 Å². The highest BCUT2D eigenvalue weighted by molar-refractivity contribution is 6.01. The Morgan fingerprint density at radius 2 is 1.88 bits per heavy atom. The van der Waals surface area contributed by atoms with Crippen LogP contribution in [-0.4, -0.2) is 43.6 Å². The predicted molar refractivity (Wildman–Crippen MR) is 113 cm³/mol. The maximum atomic E-state index is 14.7. The number of hydrogen-bond donors (Lipinski definition) is 2. The molecule has 1 aromatic rings. The quantitative estimate of drug-likeness (QED) is 0.652. The molecule has 1 saturated carbocycles. The Balaban J connectivity index is 1.25. The van der Waals surface area contributed by atoms with Gasteiger partial charge >= 0.3 is 6.09 Å². The SMILES string of the molecule is CC(C)C1CC(COC(=O)NC2CN(c3cc(F)c(C4CCC(=O)NC4=O)c(F)c3)C2)C1. The first-order chi connectivity index (χ1) is 15.2. The second kappa shape index (κ2) is 9.03. The van der Waals surface area contributed by atoms with Crippen molar-refractivity contribution in [2.75, 3.05) is 24.6 Å². The van der Waals surface area contributed by atoms with Crippen molar-refractivity contribution in [3.05, 3.63) is 29.3 Å². The highest BCUT2D eigenvalue weighted by atomic mass is 19.1. The molecule has 2 aliphatic heterocycles. The van der Waals surface area contributed by atoms with Crippen LogP contribution in [-0.2, 0) is 14.3 Å². The number of halogens is 2. The van der Waals surface area contributed by atoms with Gasteiger partial charge in [-0.25, -0.2) is 13.6 Å². The van der Waals surface area contributed by atoms with Crippen LogP contribution in [0.5, 0.6) is 0 Å². The van der Waals surface area contributed by atoms with Crippen molar-refractivity contribution in [3.8, 4) is 0 Å². The molecule has 2 heterocycles. The lowest BCUT2D eigenvalue weighted by Crippen LogP contribution is -2.59. The van der Waals surface area contributed by atoms with E-state index in [1.807, 2.05) is 0 Å². The summed E-state index contributed by atoms with van der Waals surface area (Å²) in [5, 5.41) is 4.90. The second-order valence-electron chi connectivity index (χ2n) is 9.51. The molecule has 174 valence electrons. The fourth-order valence-electron chi connectivity index (χ4n) is 4.71. The maximum absolute atomic E-state index is 14.7. The van der Waals surface area contributed by atoms with Gasteiger partial charge < -0.3 is 15.0 Å². The number of nitrogens with one attached hydrogen (secondary N) is 2. The van der Waals surface area contributed by atoms with Crippen molar-refractivity contribution >= 4 is 23.6 Å². The fraction of sp³-hybridized carbons (Fsp3) is 0.609. The van der Waals surface area contributed by atoms with Gasteiger partial charge in [0.05, 0.1) is 18.6 Å². The molecule has 3 aliphatic rings. The highest BCUT2D eigenvalue weighted by Gasteiger charge is 2.35. The van der Waals surface area contributed by atoms with Crippen LogP contribution in [0.3, 0.4) is 0 Å². The smallest absolute Gasteiger partial charge is 0.407 e. The summed E-state index contributed by atoms with van der Waals surface area (Å²) in [5.74, 6) is -1.96. The zero-order valence-electron chi connectivity index (χ0n) is 18.3. The summed E-state index contributed by atoms with van der Waals surface area (Å²) < 4.78 is 34.6. The van der Waals surface area contributed by atoms with Crippen LogP contribution in [0.2, 0.25) is 0 Å². The van der Waals surface area contributed by atoms with Gasteiger partial charge in [-0.3, -0.25) is 14.9 Å². The van der Waals surface area contributed by atoms with E-state index < -0.39 is 35.5 Å². The van der Waals surface area contributed by atoms with E-state index in [1.165, 1.54) is 12.1 Å². The van der Waals surface area contributed by atoms with E-state index in [1.54, 1.807) is 4.90 Å². The number of piperidine rings is 1. The number of nitrogens with zero attached hydrogens (tertiary/aromatic N) is 1. The Kier molecular flexibility index (Phi) is 6.35. The van der Waals surface area contributed by atoms with Crippen LogP contribution in [0.25, 0.3) is 0 Å². The molecule has 1 atom stereocenters. The highest BCUT2D eigenvalue weighted by Crippen LogP contribution is 2.38. The van der Waals surface area contributed by atoms with Gasteiger partial charge in [0.15, 0.2) is 0 Å². The Morgan fingerprint density at radius 3 is 2.47 bits per heavy atom. The van der Waals surface area contributed by atoms with Crippen molar-refractivity contribution in [1.82, 2.24) is 10.6 Å². The minimum absolute atomic E-state index is 0.0473. The van der Waals surface area contributed by atoms with E-state index in [4.69, 9.17) is 4.74 Å². The summed E-state index contributed by atoms with van der Waals surface area (Å²) in [6.45, 7) is 5.65. The van der Waals surface area contributed by atoms with Gasteiger partial charge in [0.1, 0.15) is 11.6 Å². The monoisotopic (exact) mass is 449 g/mol. The zero-order chi connectivity index (χ0) is 23.0. The molecule has 1 aliphatic carbocycles. The number of ether oxygens (including phenoxy) is 1.